The average Bonchev–Trinajstić information content (AvgIpc) is 2.47. The molecule has 2 N–H and O–H groups in total. The van der Waals surface area contributed by atoms with E-state index in [2.05, 4.69) is 4.72 Å². The van der Waals surface area contributed by atoms with Gasteiger partial charge < -0.3 is 5.11 Å². The van der Waals surface area contributed by atoms with Gasteiger partial charge in [-0.15, -0.1) is 0 Å². The Bertz CT molecular complexity index is 592. The molecule has 0 heterocycles. The molecule has 0 saturated carbocycles. The van der Waals surface area contributed by atoms with Gasteiger partial charge in [-0.1, -0.05) is 32.4 Å². The molecule has 4 nitrogen and oxygen atoms in total. The molecule has 0 atom stereocenters. The Morgan fingerprint density at radius 3 is 2.19 bits per heavy atom. The van der Waals surface area contributed by atoms with Crippen LogP contribution in [0.15, 0.2) is 17.0 Å². The summed E-state index contributed by atoms with van der Waals surface area (Å²) in [7, 11) is -3.89. The first-order valence-corrected chi connectivity index (χ1v) is 8.74. The summed E-state index contributed by atoms with van der Waals surface area (Å²) in [5.41, 5.74) is -0.513. The van der Waals surface area contributed by atoms with E-state index < -0.39 is 28.0 Å². The second-order valence-electron chi connectivity index (χ2n) is 4.98. The van der Waals surface area contributed by atoms with Crippen molar-refractivity contribution in [3.8, 4) is 0 Å². The van der Waals surface area contributed by atoms with E-state index in [4.69, 9.17) is 16.7 Å². The number of nitrogens with one attached hydrogen (secondary N) is 1. The fraction of sp³-hybridized carbons (Fsp3) is 0.571. The van der Waals surface area contributed by atoms with Crippen LogP contribution in [0.25, 0.3) is 0 Å². The standard InChI is InChI=1S/C14H21ClFNO3S/c1-4-14(5-2,6-3)17-21(19,20)11-7-10(9-18)13(15)12(16)8-11/h7-8,17-18H,4-6,9H2,1-3H3. The van der Waals surface area contributed by atoms with Gasteiger partial charge in [-0.05, 0) is 31.4 Å². The van der Waals surface area contributed by atoms with Crippen LogP contribution in [0, 0.1) is 5.82 Å². The lowest BCUT2D eigenvalue weighted by atomic mass is 9.91. The van der Waals surface area contributed by atoms with Crippen molar-refractivity contribution in [1.82, 2.24) is 4.72 Å². The number of hydrogen-bond acceptors (Lipinski definition) is 3. The summed E-state index contributed by atoms with van der Waals surface area (Å²) < 4.78 is 41.3. The molecule has 120 valence electrons. The van der Waals surface area contributed by atoms with Gasteiger partial charge in [0.15, 0.2) is 0 Å². The first kappa shape index (κ1) is 18.4. The van der Waals surface area contributed by atoms with Crippen LogP contribution in [0.1, 0.15) is 45.6 Å². The van der Waals surface area contributed by atoms with Gasteiger partial charge in [-0.3, -0.25) is 0 Å². The van der Waals surface area contributed by atoms with Crippen LogP contribution in [0.3, 0.4) is 0 Å². The normalized spacial score (nSPS) is 12.7. The lowest BCUT2D eigenvalue weighted by Crippen LogP contribution is -2.47. The van der Waals surface area contributed by atoms with Gasteiger partial charge in [0.05, 0.1) is 16.5 Å². The lowest BCUT2D eigenvalue weighted by Gasteiger charge is -2.31. The first-order chi connectivity index (χ1) is 9.75. The number of hydrogen-bond donors (Lipinski definition) is 2. The molecule has 0 aromatic heterocycles. The highest BCUT2D eigenvalue weighted by Crippen LogP contribution is 2.27. The number of aliphatic hydroxyl groups is 1. The largest absolute Gasteiger partial charge is 0.392 e. The molecule has 7 heteroatoms. The van der Waals surface area contributed by atoms with Gasteiger partial charge in [-0.25, -0.2) is 17.5 Å². The molecule has 1 aromatic carbocycles. The van der Waals surface area contributed by atoms with E-state index in [0.29, 0.717) is 19.3 Å². The Morgan fingerprint density at radius 2 is 1.76 bits per heavy atom. The molecule has 0 fully saturated rings. The number of halogens is 2. The maximum Gasteiger partial charge on any atom is 0.241 e. The van der Waals surface area contributed by atoms with Crippen molar-refractivity contribution in [3.05, 3.63) is 28.5 Å². The van der Waals surface area contributed by atoms with Crippen molar-refractivity contribution in [2.45, 2.75) is 57.1 Å². The molecular formula is C14H21ClFNO3S. The maximum atomic E-state index is 13.7. The minimum absolute atomic E-state index is 0.0483. The van der Waals surface area contributed by atoms with Gasteiger partial charge in [0.1, 0.15) is 5.82 Å². The molecule has 0 aliphatic rings. The van der Waals surface area contributed by atoms with Gasteiger partial charge in [0.2, 0.25) is 10.0 Å². The van der Waals surface area contributed by atoms with Crippen LogP contribution in [0.5, 0.6) is 0 Å². The molecule has 0 aliphatic carbocycles. The van der Waals surface area contributed by atoms with E-state index in [1.165, 1.54) is 6.07 Å². The second kappa shape index (κ2) is 7.05. The van der Waals surface area contributed by atoms with E-state index in [1.807, 2.05) is 20.8 Å². The second-order valence-corrected chi connectivity index (χ2v) is 7.04. The monoisotopic (exact) mass is 337 g/mol. The summed E-state index contributed by atoms with van der Waals surface area (Å²) in [6, 6.07) is 2.06. The zero-order valence-electron chi connectivity index (χ0n) is 12.4. The Balaban J connectivity index is 3.29. The highest BCUT2D eigenvalue weighted by atomic mass is 35.5. The summed E-state index contributed by atoms with van der Waals surface area (Å²) in [5.74, 6) is -0.862. The molecule has 0 amide bonds. The Kier molecular flexibility index (Phi) is 6.16. The predicted molar refractivity (Wildman–Crippen MR) is 81.3 cm³/mol. The van der Waals surface area contributed by atoms with Crippen LogP contribution in [0.4, 0.5) is 4.39 Å². The molecule has 0 radical (unpaired) electrons. The summed E-state index contributed by atoms with van der Waals surface area (Å²) in [5, 5.41) is 8.88. The van der Waals surface area contributed by atoms with Crippen molar-refractivity contribution >= 4 is 21.6 Å². The molecule has 0 unspecified atom stereocenters. The minimum Gasteiger partial charge on any atom is -0.392 e. The van der Waals surface area contributed by atoms with E-state index in [1.54, 1.807) is 0 Å². The Morgan fingerprint density at radius 1 is 1.24 bits per heavy atom. The van der Waals surface area contributed by atoms with Gasteiger partial charge in [0.25, 0.3) is 0 Å². The Labute approximate surface area is 130 Å². The third-order valence-corrected chi connectivity index (χ3v) is 5.92. The van der Waals surface area contributed by atoms with E-state index >= 15 is 0 Å². The highest BCUT2D eigenvalue weighted by Gasteiger charge is 2.31. The number of sulfonamides is 1. The quantitative estimate of drug-likeness (QED) is 0.802. The van der Waals surface area contributed by atoms with Gasteiger partial charge >= 0.3 is 0 Å². The minimum atomic E-state index is -3.89. The lowest BCUT2D eigenvalue weighted by molar-refractivity contribution is 0.281. The summed E-state index contributed by atoms with van der Waals surface area (Å²) in [4.78, 5) is -0.229. The molecule has 0 bridgehead atoms. The summed E-state index contributed by atoms with van der Waals surface area (Å²) in [6.07, 6.45) is 1.88. The number of aliphatic hydroxyl groups excluding tert-OH is 1. The van der Waals surface area contributed by atoms with Crippen LogP contribution < -0.4 is 4.72 Å². The van der Waals surface area contributed by atoms with Gasteiger partial charge in [-0.2, -0.15) is 0 Å². The molecular weight excluding hydrogens is 317 g/mol. The third-order valence-electron chi connectivity index (χ3n) is 3.94. The maximum absolute atomic E-state index is 13.7. The highest BCUT2D eigenvalue weighted by molar-refractivity contribution is 7.89. The summed E-state index contributed by atoms with van der Waals surface area (Å²) >= 11 is 5.68. The molecule has 1 aromatic rings. The fourth-order valence-electron chi connectivity index (χ4n) is 2.20. The summed E-state index contributed by atoms with van der Waals surface area (Å²) in [6.45, 7) is 5.17. The smallest absolute Gasteiger partial charge is 0.241 e. The Hall–Kier alpha value is -0.690. The zero-order chi connectivity index (χ0) is 16.3. The SMILES string of the molecule is CCC(CC)(CC)NS(=O)(=O)c1cc(F)c(Cl)c(CO)c1. The first-order valence-electron chi connectivity index (χ1n) is 6.88. The molecule has 0 saturated heterocycles. The van der Waals surface area contributed by atoms with Crippen LogP contribution in [-0.4, -0.2) is 19.1 Å². The zero-order valence-corrected chi connectivity index (χ0v) is 14.0. The molecule has 0 spiro atoms. The van der Waals surface area contributed by atoms with Crippen molar-refractivity contribution in [3.63, 3.8) is 0 Å². The van der Waals surface area contributed by atoms with Crippen LogP contribution >= 0.6 is 11.6 Å². The third kappa shape index (κ3) is 3.94. The predicted octanol–water partition coefficient (Wildman–Crippen LogP) is 3.22. The van der Waals surface area contributed by atoms with Crippen LogP contribution in [-0.2, 0) is 16.6 Å². The molecule has 0 aliphatic heterocycles. The number of benzene rings is 1. The fourth-order valence-corrected chi connectivity index (χ4v) is 4.04. The van der Waals surface area contributed by atoms with Crippen LogP contribution in [0.2, 0.25) is 5.02 Å². The number of rotatable bonds is 7. The average molecular weight is 338 g/mol. The van der Waals surface area contributed by atoms with Gasteiger partial charge in [0, 0.05) is 11.1 Å². The molecule has 21 heavy (non-hydrogen) atoms. The van der Waals surface area contributed by atoms with Crippen molar-refractivity contribution in [2.75, 3.05) is 0 Å². The van der Waals surface area contributed by atoms with E-state index in [-0.39, 0.29) is 15.5 Å². The van der Waals surface area contributed by atoms with Crippen molar-refractivity contribution in [1.29, 1.82) is 0 Å². The topological polar surface area (TPSA) is 66.4 Å². The van der Waals surface area contributed by atoms with Crippen molar-refractivity contribution < 1.29 is 17.9 Å². The molecule has 1 rings (SSSR count). The van der Waals surface area contributed by atoms with E-state index in [0.717, 1.165) is 6.07 Å². The van der Waals surface area contributed by atoms with E-state index in [9.17, 15) is 12.8 Å². The van der Waals surface area contributed by atoms with Crippen molar-refractivity contribution in [2.24, 2.45) is 0 Å².